The van der Waals surface area contributed by atoms with Gasteiger partial charge in [0.15, 0.2) is 11.6 Å². The number of hydrogen-bond acceptors (Lipinski definition) is 5. The van der Waals surface area contributed by atoms with Gasteiger partial charge in [-0.15, -0.1) is 0 Å². The van der Waals surface area contributed by atoms with Gasteiger partial charge in [-0.3, -0.25) is 4.68 Å². The van der Waals surface area contributed by atoms with Crippen molar-refractivity contribution in [2.75, 3.05) is 26.1 Å². The van der Waals surface area contributed by atoms with Gasteiger partial charge < -0.3 is 14.8 Å². The molecule has 2 rings (SSSR count). The summed E-state index contributed by atoms with van der Waals surface area (Å²) in [6, 6.07) is 3.68. The fraction of sp³-hybridized carbons (Fsp3) is 0.333. The van der Waals surface area contributed by atoms with Crippen LogP contribution in [-0.2, 0) is 11.3 Å². The zero-order valence-electron chi connectivity index (χ0n) is 10.5. The minimum atomic E-state index is 0.633. The van der Waals surface area contributed by atoms with Crippen molar-refractivity contribution in [1.82, 2.24) is 14.8 Å². The molecule has 0 radical (unpaired) electrons. The van der Waals surface area contributed by atoms with Crippen LogP contribution in [0.4, 0.5) is 11.5 Å². The Morgan fingerprint density at radius 2 is 2.28 bits per heavy atom. The van der Waals surface area contributed by atoms with Crippen LogP contribution in [0.2, 0.25) is 0 Å². The van der Waals surface area contributed by atoms with Crippen molar-refractivity contribution in [1.29, 1.82) is 0 Å². The molecular weight excluding hydrogens is 232 g/mol. The predicted octanol–water partition coefficient (Wildman–Crippen LogP) is 1.68. The Kier molecular flexibility index (Phi) is 4.14. The van der Waals surface area contributed by atoms with E-state index in [9.17, 15) is 0 Å². The minimum absolute atomic E-state index is 0.633. The van der Waals surface area contributed by atoms with Gasteiger partial charge in [0.05, 0.1) is 32.1 Å². The summed E-state index contributed by atoms with van der Waals surface area (Å²) in [5.74, 6) is 1.37. The van der Waals surface area contributed by atoms with Crippen molar-refractivity contribution in [3.05, 3.63) is 30.7 Å². The SMILES string of the molecule is COCCn1cc(Nc2ncccc2OC)cn1. The molecule has 2 aromatic heterocycles. The maximum absolute atomic E-state index is 5.22. The molecule has 2 heterocycles. The molecule has 0 bridgehead atoms. The number of hydrogen-bond donors (Lipinski definition) is 1. The van der Waals surface area contributed by atoms with Crippen molar-refractivity contribution in [2.24, 2.45) is 0 Å². The van der Waals surface area contributed by atoms with E-state index in [2.05, 4.69) is 15.4 Å². The third kappa shape index (κ3) is 2.98. The lowest BCUT2D eigenvalue weighted by molar-refractivity contribution is 0.183. The Bertz CT molecular complexity index is 498. The predicted molar refractivity (Wildman–Crippen MR) is 68.2 cm³/mol. The second kappa shape index (κ2) is 6.02. The second-order valence-corrected chi connectivity index (χ2v) is 3.66. The molecule has 0 unspecified atom stereocenters. The molecule has 6 nitrogen and oxygen atoms in total. The third-order valence-electron chi connectivity index (χ3n) is 2.41. The molecule has 0 spiro atoms. The van der Waals surface area contributed by atoms with Crippen molar-refractivity contribution in [3.63, 3.8) is 0 Å². The van der Waals surface area contributed by atoms with Crippen LogP contribution >= 0.6 is 0 Å². The topological polar surface area (TPSA) is 61.2 Å². The molecule has 0 atom stereocenters. The van der Waals surface area contributed by atoms with E-state index in [0.717, 1.165) is 12.2 Å². The van der Waals surface area contributed by atoms with Gasteiger partial charge >= 0.3 is 0 Å². The molecule has 0 amide bonds. The highest BCUT2D eigenvalue weighted by Gasteiger charge is 2.05. The van der Waals surface area contributed by atoms with Crippen molar-refractivity contribution in [2.45, 2.75) is 6.54 Å². The fourth-order valence-electron chi connectivity index (χ4n) is 1.52. The Hall–Kier alpha value is -2.08. The number of nitrogens with one attached hydrogen (secondary N) is 1. The smallest absolute Gasteiger partial charge is 0.173 e. The van der Waals surface area contributed by atoms with Gasteiger partial charge in [0, 0.05) is 19.5 Å². The first kappa shape index (κ1) is 12.4. The van der Waals surface area contributed by atoms with Gasteiger partial charge in [-0.05, 0) is 12.1 Å². The molecule has 2 aromatic rings. The number of pyridine rings is 1. The first-order valence-electron chi connectivity index (χ1n) is 5.61. The van der Waals surface area contributed by atoms with Crippen LogP contribution in [0.15, 0.2) is 30.7 Å². The van der Waals surface area contributed by atoms with Crippen LogP contribution in [-0.4, -0.2) is 35.6 Å². The Morgan fingerprint density at radius 1 is 1.39 bits per heavy atom. The Balaban J connectivity index is 2.06. The van der Waals surface area contributed by atoms with E-state index >= 15 is 0 Å². The second-order valence-electron chi connectivity index (χ2n) is 3.66. The molecule has 18 heavy (non-hydrogen) atoms. The quantitative estimate of drug-likeness (QED) is 0.842. The highest BCUT2D eigenvalue weighted by molar-refractivity contribution is 5.60. The van der Waals surface area contributed by atoms with Crippen molar-refractivity contribution in [3.8, 4) is 5.75 Å². The molecular formula is C12H16N4O2. The van der Waals surface area contributed by atoms with Gasteiger partial charge in [-0.25, -0.2) is 4.98 Å². The van der Waals surface area contributed by atoms with E-state index in [1.165, 1.54) is 0 Å². The fourth-order valence-corrected chi connectivity index (χ4v) is 1.52. The molecule has 0 aliphatic carbocycles. The van der Waals surface area contributed by atoms with E-state index in [0.29, 0.717) is 18.2 Å². The first-order chi connectivity index (χ1) is 8.83. The number of rotatable bonds is 6. The van der Waals surface area contributed by atoms with E-state index in [1.807, 2.05) is 18.3 Å². The summed E-state index contributed by atoms with van der Waals surface area (Å²) in [5.41, 5.74) is 0.864. The van der Waals surface area contributed by atoms with E-state index in [-0.39, 0.29) is 0 Å². The van der Waals surface area contributed by atoms with Crippen LogP contribution in [0.1, 0.15) is 0 Å². The lowest BCUT2D eigenvalue weighted by atomic mass is 10.4. The molecule has 0 saturated carbocycles. The lowest BCUT2D eigenvalue weighted by Gasteiger charge is -2.07. The normalized spacial score (nSPS) is 10.3. The Labute approximate surface area is 106 Å². The standard InChI is InChI=1S/C12H16N4O2/c1-17-7-6-16-9-10(8-14-16)15-12-11(18-2)4-3-5-13-12/h3-5,8-9H,6-7H2,1-2H3,(H,13,15). The largest absolute Gasteiger partial charge is 0.493 e. The van der Waals surface area contributed by atoms with Crippen LogP contribution in [0, 0.1) is 0 Å². The van der Waals surface area contributed by atoms with Crippen LogP contribution in [0.25, 0.3) is 0 Å². The average molecular weight is 248 g/mol. The average Bonchev–Trinajstić information content (AvgIpc) is 2.84. The highest BCUT2D eigenvalue weighted by Crippen LogP contribution is 2.23. The molecule has 0 saturated heterocycles. The van der Waals surface area contributed by atoms with Crippen molar-refractivity contribution >= 4 is 11.5 Å². The molecule has 6 heteroatoms. The van der Waals surface area contributed by atoms with Crippen LogP contribution in [0.5, 0.6) is 5.75 Å². The van der Waals surface area contributed by atoms with Gasteiger partial charge in [0.1, 0.15) is 0 Å². The number of anilines is 2. The summed E-state index contributed by atoms with van der Waals surface area (Å²) >= 11 is 0. The van der Waals surface area contributed by atoms with Gasteiger partial charge in [-0.1, -0.05) is 0 Å². The maximum Gasteiger partial charge on any atom is 0.173 e. The molecule has 0 aliphatic rings. The number of methoxy groups -OCH3 is 2. The summed E-state index contributed by atoms with van der Waals surface area (Å²) in [4.78, 5) is 4.22. The minimum Gasteiger partial charge on any atom is -0.493 e. The summed E-state index contributed by atoms with van der Waals surface area (Å²) in [7, 11) is 3.28. The Morgan fingerprint density at radius 3 is 3.06 bits per heavy atom. The summed E-state index contributed by atoms with van der Waals surface area (Å²) in [6.07, 6.45) is 5.34. The van der Waals surface area contributed by atoms with E-state index in [4.69, 9.17) is 9.47 Å². The zero-order chi connectivity index (χ0) is 12.8. The number of aromatic nitrogens is 3. The van der Waals surface area contributed by atoms with Gasteiger partial charge in [0.25, 0.3) is 0 Å². The van der Waals surface area contributed by atoms with Crippen LogP contribution in [0.3, 0.4) is 0 Å². The third-order valence-corrected chi connectivity index (χ3v) is 2.41. The molecule has 96 valence electrons. The summed E-state index contributed by atoms with van der Waals surface area (Å²) < 4.78 is 12.0. The van der Waals surface area contributed by atoms with E-state index in [1.54, 1.807) is 31.3 Å². The molecule has 0 aromatic carbocycles. The van der Waals surface area contributed by atoms with Gasteiger partial charge in [-0.2, -0.15) is 5.10 Å². The van der Waals surface area contributed by atoms with E-state index < -0.39 is 0 Å². The first-order valence-corrected chi connectivity index (χ1v) is 5.61. The highest BCUT2D eigenvalue weighted by atomic mass is 16.5. The van der Waals surface area contributed by atoms with Gasteiger partial charge in [0.2, 0.25) is 0 Å². The van der Waals surface area contributed by atoms with Crippen LogP contribution < -0.4 is 10.1 Å². The number of ether oxygens (including phenoxy) is 2. The monoisotopic (exact) mass is 248 g/mol. The maximum atomic E-state index is 5.22. The summed E-state index contributed by atoms with van der Waals surface area (Å²) in [6.45, 7) is 1.35. The molecule has 1 N–H and O–H groups in total. The number of nitrogens with zero attached hydrogens (tertiary/aromatic N) is 3. The van der Waals surface area contributed by atoms with Crippen molar-refractivity contribution < 1.29 is 9.47 Å². The zero-order valence-corrected chi connectivity index (χ0v) is 10.5. The summed E-state index contributed by atoms with van der Waals surface area (Å²) in [5, 5.41) is 7.37. The molecule has 0 fully saturated rings. The molecule has 0 aliphatic heterocycles. The lowest BCUT2D eigenvalue weighted by Crippen LogP contribution is -2.04.